The minimum absolute atomic E-state index is 0.0920. The van der Waals surface area contributed by atoms with Crippen LogP contribution in [0.2, 0.25) is 0 Å². The molecule has 0 spiro atoms. The molecule has 3 aromatic rings. The SMILES string of the molecule is CCOc1ccc(-c2cc(C(=O)NCC3CCCO3)cc3cc(OC)c(OC)cc23)cc1. The van der Waals surface area contributed by atoms with E-state index >= 15 is 0 Å². The summed E-state index contributed by atoms with van der Waals surface area (Å²) in [5.74, 6) is 1.95. The third-order valence-corrected chi connectivity index (χ3v) is 5.71. The maximum atomic E-state index is 13.0. The van der Waals surface area contributed by atoms with E-state index in [1.165, 1.54) is 0 Å². The Morgan fingerprint density at radius 3 is 2.47 bits per heavy atom. The molecule has 6 nitrogen and oxygen atoms in total. The topological polar surface area (TPSA) is 66.0 Å². The van der Waals surface area contributed by atoms with E-state index in [-0.39, 0.29) is 12.0 Å². The van der Waals surface area contributed by atoms with Gasteiger partial charge in [-0.15, -0.1) is 0 Å². The lowest BCUT2D eigenvalue weighted by atomic mass is 9.94. The van der Waals surface area contributed by atoms with Crippen molar-refractivity contribution < 1.29 is 23.7 Å². The molecule has 3 aromatic carbocycles. The lowest BCUT2D eigenvalue weighted by Gasteiger charge is -2.16. The summed E-state index contributed by atoms with van der Waals surface area (Å²) in [6.07, 6.45) is 2.11. The van der Waals surface area contributed by atoms with Crippen molar-refractivity contribution in [1.29, 1.82) is 0 Å². The Hall–Kier alpha value is -3.25. The van der Waals surface area contributed by atoms with Gasteiger partial charge in [0.15, 0.2) is 11.5 Å². The highest BCUT2D eigenvalue weighted by molar-refractivity contribution is 6.05. The molecular weight excluding hydrogens is 406 g/mol. The zero-order valence-corrected chi connectivity index (χ0v) is 18.8. The standard InChI is InChI=1S/C26H29NO5/c1-4-31-20-9-7-17(8-10-20)22-13-19(26(28)27-16-21-6-5-11-32-21)12-18-14-24(29-2)25(30-3)15-23(18)22/h7-10,12-15,21H,4-6,11,16H2,1-3H3,(H,27,28). The number of amides is 1. The van der Waals surface area contributed by atoms with Gasteiger partial charge in [-0.1, -0.05) is 12.1 Å². The molecule has 0 radical (unpaired) electrons. The quantitative estimate of drug-likeness (QED) is 0.549. The van der Waals surface area contributed by atoms with Gasteiger partial charge in [-0.2, -0.15) is 0 Å². The maximum absolute atomic E-state index is 13.0. The van der Waals surface area contributed by atoms with E-state index in [4.69, 9.17) is 18.9 Å². The minimum atomic E-state index is -0.121. The molecular formula is C26H29NO5. The number of methoxy groups -OCH3 is 2. The Balaban J connectivity index is 1.76. The van der Waals surface area contributed by atoms with Gasteiger partial charge in [-0.3, -0.25) is 4.79 Å². The van der Waals surface area contributed by atoms with Crippen molar-refractivity contribution in [3.63, 3.8) is 0 Å². The van der Waals surface area contributed by atoms with Gasteiger partial charge in [0, 0.05) is 18.7 Å². The molecule has 168 valence electrons. The van der Waals surface area contributed by atoms with Gasteiger partial charge >= 0.3 is 0 Å². The third-order valence-electron chi connectivity index (χ3n) is 5.71. The first-order valence-corrected chi connectivity index (χ1v) is 11.0. The molecule has 0 saturated carbocycles. The number of ether oxygens (including phenoxy) is 4. The van der Waals surface area contributed by atoms with Gasteiger partial charge in [0.05, 0.1) is 26.9 Å². The van der Waals surface area contributed by atoms with Crippen molar-refractivity contribution in [2.75, 3.05) is 34.0 Å². The van der Waals surface area contributed by atoms with Crippen LogP contribution >= 0.6 is 0 Å². The molecule has 6 heteroatoms. The van der Waals surface area contributed by atoms with Gasteiger partial charge in [0.2, 0.25) is 0 Å². The summed E-state index contributed by atoms with van der Waals surface area (Å²) in [4.78, 5) is 13.0. The molecule has 0 aromatic heterocycles. The Morgan fingerprint density at radius 1 is 1.06 bits per heavy atom. The first kappa shape index (κ1) is 22.0. The van der Waals surface area contributed by atoms with Gasteiger partial charge in [0.25, 0.3) is 5.91 Å². The van der Waals surface area contributed by atoms with E-state index in [9.17, 15) is 4.79 Å². The third kappa shape index (κ3) is 4.65. The average Bonchev–Trinajstić information content (AvgIpc) is 3.35. The van der Waals surface area contributed by atoms with E-state index < -0.39 is 0 Å². The van der Waals surface area contributed by atoms with E-state index in [2.05, 4.69) is 5.32 Å². The van der Waals surface area contributed by atoms with E-state index in [0.29, 0.717) is 30.2 Å². The summed E-state index contributed by atoms with van der Waals surface area (Å²) in [5, 5.41) is 4.90. The van der Waals surface area contributed by atoms with Crippen LogP contribution in [-0.2, 0) is 4.74 Å². The Kier molecular flexibility index (Phi) is 6.81. The zero-order valence-electron chi connectivity index (χ0n) is 18.8. The van der Waals surface area contributed by atoms with Crippen molar-refractivity contribution >= 4 is 16.7 Å². The van der Waals surface area contributed by atoms with Crippen LogP contribution in [0, 0.1) is 0 Å². The summed E-state index contributed by atoms with van der Waals surface area (Å²) in [7, 11) is 3.22. The normalized spacial score (nSPS) is 15.5. The number of benzene rings is 3. The zero-order chi connectivity index (χ0) is 22.5. The Morgan fingerprint density at radius 2 is 1.81 bits per heavy atom. The summed E-state index contributed by atoms with van der Waals surface area (Å²) >= 11 is 0. The fourth-order valence-corrected chi connectivity index (χ4v) is 4.07. The van der Waals surface area contributed by atoms with Crippen LogP contribution in [0.3, 0.4) is 0 Å². The van der Waals surface area contributed by atoms with Gasteiger partial charge < -0.3 is 24.3 Å². The van der Waals surface area contributed by atoms with Crippen LogP contribution in [0.1, 0.15) is 30.1 Å². The Labute approximate surface area is 188 Å². The molecule has 1 N–H and O–H groups in total. The van der Waals surface area contributed by atoms with Gasteiger partial charge in [0.1, 0.15) is 5.75 Å². The van der Waals surface area contributed by atoms with Crippen molar-refractivity contribution in [2.45, 2.75) is 25.9 Å². The molecule has 0 bridgehead atoms. The average molecular weight is 436 g/mol. The molecule has 1 saturated heterocycles. The number of hydrogen-bond donors (Lipinski definition) is 1. The molecule has 1 atom stereocenters. The lowest BCUT2D eigenvalue weighted by Crippen LogP contribution is -2.31. The molecule has 1 heterocycles. The highest BCUT2D eigenvalue weighted by Gasteiger charge is 2.19. The van der Waals surface area contributed by atoms with Crippen LogP contribution < -0.4 is 19.5 Å². The molecule has 1 unspecified atom stereocenters. The summed E-state index contributed by atoms with van der Waals surface area (Å²) in [6, 6.07) is 15.6. The molecule has 1 amide bonds. The fraction of sp³-hybridized carbons (Fsp3) is 0.346. The van der Waals surface area contributed by atoms with Crippen LogP contribution in [0.25, 0.3) is 21.9 Å². The Bertz CT molecular complexity index is 1090. The predicted molar refractivity (Wildman–Crippen MR) is 125 cm³/mol. The first-order valence-electron chi connectivity index (χ1n) is 11.0. The second-order valence-corrected chi connectivity index (χ2v) is 7.75. The summed E-state index contributed by atoms with van der Waals surface area (Å²) in [5.41, 5.74) is 2.51. The van der Waals surface area contributed by atoms with Crippen LogP contribution in [0.5, 0.6) is 17.2 Å². The second-order valence-electron chi connectivity index (χ2n) is 7.75. The van der Waals surface area contributed by atoms with Crippen LogP contribution in [-0.4, -0.2) is 46.0 Å². The number of rotatable bonds is 8. The van der Waals surface area contributed by atoms with Crippen molar-refractivity contribution in [1.82, 2.24) is 5.32 Å². The summed E-state index contributed by atoms with van der Waals surface area (Å²) in [6.45, 7) is 3.85. The maximum Gasteiger partial charge on any atom is 0.251 e. The fourth-order valence-electron chi connectivity index (χ4n) is 4.07. The monoisotopic (exact) mass is 435 g/mol. The number of hydrogen-bond acceptors (Lipinski definition) is 5. The van der Waals surface area contributed by atoms with Crippen molar-refractivity contribution in [3.05, 3.63) is 54.1 Å². The van der Waals surface area contributed by atoms with Crippen molar-refractivity contribution in [3.8, 4) is 28.4 Å². The van der Waals surface area contributed by atoms with Gasteiger partial charge in [-0.05, 0) is 78.1 Å². The van der Waals surface area contributed by atoms with Crippen LogP contribution in [0.4, 0.5) is 0 Å². The number of carbonyl (C=O) groups is 1. The second kappa shape index (κ2) is 9.92. The number of fused-ring (bicyclic) bond motifs is 1. The first-order chi connectivity index (χ1) is 15.6. The van der Waals surface area contributed by atoms with E-state index in [0.717, 1.165) is 47.1 Å². The minimum Gasteiger partial charge on any atom is -0.494 e. The molecule has 1 aliphatic heterocycles. The summed E-state index contributed by atoms with van der Waals surface area (Å²) < 4.78 is 22.2. The molecule has 1 aliphatic rings. The largest absolute Gasteiger partial charge is 0.494 e. The molecule has 4 rings (SSSR count). The van der Waals surface area contributed by atoms with Crippen molar-refractivity contribution in [2.24, 2.45) is 0 Å². The molecule has 1 fully saturated rings. The van der Waals surface area contributed by atoms with Gasteiger partial charge in [-0.25, -0.2) is 0 Å². The highest BCUT2D eigenvalue weighted by atomic mass is 16.5. The van der Waals surface area contributed by atoms with Crippen LogP contribution in [0.15, 0.2) is 48.5 Å². The predicted octanol–water partition coefficient (Wildman–Crippen LogP) is 4.83. The lowest BCUT2D eigenvalue weighted by molar-refractivity contribution is 0.0858. The number of carbonyl (C=O) groups excluding carboxylic acids is 1. The molecule has 0 aliphatic carbocycles. The highest BCUT2D eigenvalue weighted by Crippen LogP contribution is 2.38. The van der Waals surface area contributed by atoms with E-state index in [1.54, 1.807) is 14.2 Å². The number of nitrogens with one attached hydrogen (secondary N) is 1. The van der Waals surface area contributed by atoms with E-state index in [1.807, 2.05) is 55.5 Å². The smallest absolute Gasteiger partial charge is 0.251 e. The molecule has 32 heavy (non-hydrogen) atoms.